The predicted octanol–water partition coefficient (Wildman–Crippen LogP) is 2.59. The van der Waals surface area contributed by atoms with Gasteiger partial charge in [-0.05, 0) is 45.1 Å². The van der Waals surface area contributed by atoms with Crippen molar-refractivity contribution in [3.8, 4) is 0 Å². The Bertz CT molecular complexity index is 445. The normalized spacial score (nSPS) is 10.7. The molecule has 0 bridgehead atoms. The van der Waals surface area contributed by atoms with Crippen molar-refractivity contribution in [2.24, 2.45) is 0 Å². The monoisotopic (exact) mass is 293 g/mol. The molecule has 0 spiro atoms. The summed E-state index contributed by atoms with van der Waals surface area (Å²) in [6.07, 6.45) is 1.03. The van der Waals surface area contributed by atoms with E-state index < -0.39 is 0 Å². The highest BCUT2D eigenvalue weighted by Crippen LogP contribution is 2.23. The third-order valence-corrected chi connectivity index (χ3v) is 3.46. The van der Waals surface area contributed by atoms with Gasteiger partial charge in [0.1, 0.15) is 0 Å². The Balaban J connectivity index is 2.56. The Hall–Kier alpha value is -1.75. The Kier molecular flexibility index (Phi) is 7.61. The van der Waals surface area contributed by atoms with Crippen LogP contribution in [-0.4, -0.2) is 43.7 Å². The summed E-state index contributed by atoms with van der Waals surface area (Å²) in [5.41, 5.74) is 7.71. The lowest BCUT2D eigenvalue weighted by Crippen LogP contribution is -2.25. The average molecular weight is 293 g/mol. The highest BCUT2D eigenvalue weighted by atomic mass is 16.5. The van der Waals surface area contributed by atoms with E-state index in [0.29, 0.717) is 17.9 Å². The van der Waals surface area contributed by atoms with Crippen LogP contribution in [0.5, 0.6) is 0 Å². The molecule has 0 aliphatic rings. The van der Waals surface area contributed by atoms with Crippen LogP contribution >= 0.6 is 0 Å². The van der Waals surface area contributed by atoms with E-state index in [4.69, 9.17) is 10.5 Å². The zero-order chi connectivity index (χ0) is 15.7. The van der Waals surface area contributed by atoms with Gasteiger partial charge in [0, 0.05) is 6.54 Å². The summed E-state index contributed by atoms with van der Waals surface area (Å²) in [6.45, 7) is 10.5. The molecule has 0 aliphatic carbocycles. The summed E-state index contributed by atoms with van der Waals surface area (Å²) in [5.74, 6) is -0.373. The number of ether oxygens (including phenoxy) is 1. The smallest absolute Gasteiger partial charge is 0.340 e. The van der Waals surface area contributed by atoms with E-state index >= 15 is 0 Å². The Labute approximate surface area is 127 Å². The molecule has 5 nitrogen and oxygen atoms in total. The first-order chi connectivity index (χ1) is 10.1. The molecule has 118 valence electrons. The third kappa shape index (κ3) is 5.27. The number of nitrogens with one attached hydrogen (secondary N) is 1. The summed E-state index contributed by atoms with van der Waals surface area (Å²) in [4.78, 5) is 14.2. The van der Waals surface area contributed by atoms with E-state index in [9.17, 15) is 4.79 Å². The fourth-order valence-corrected chi connectivity index (χ4v) is 2.17. The lowest BCUT2D eigenvalue weighted by atomic mass is 10.1. The Morgan fingerprint density at radius 3 is 2.62 bits per heavy atom. The maximum atomic E-state index is 11.8. The second-order valence-corrected chi connectivity index (χ2v) is 4.79. The number of nitrogens with two attached hydrogens (primary N) is 1. The van der Waals surface area contributed by atoms with Crippen molar-refractivity contribution in [1.82, 2.24) is 4.90 Å². The number of hydrogen-bond donors (Lipinski definition) is 2. The van der Waals surface area contributed by atoms with Crippen LogP contribution in [0.15, 0.2) is 18.2 Å². The minimum absolute atomic E-state index is 0.347. The first-order valence-corrected chi connectivity index (χ1v) is 7.65. The van der Waals surface area contributed by atoms with Gasteiger partial charge in [-0.25, -0.2) is 4.79 Å². The minimum Gasteiger partial charge on any atom is -0.462 e. The van der Waals surface area contributed by atoms with Gasteiger partial charge in [-0.3, -0.25) is 0 Å². The quantitative estimate of drug-likeness (QED) is 0.416. The molecule has 1 rings (SSSR count). The van der Waals surface area contributed by atoms with Crippen molar-refractivity contribution in [2.75, 3.05) is 43.8 Å². The van der Waals surface area contributed by atoms with Crippen LogP contribution in [-0.2, 0) is 4.74 Å². The lowest BCUT2D eigenvalue weighted by molar-refractivity contribution is 0.0527. The SMILES string of the molecule is CCOC(=O)c1cccc(NCCCN(CC)CC)c1N. The van der Waals surface area contributed by atoms with Gasteiger partial charge in [-0.2, -0.15) is 0 Å². The van der Waals surface area contributed by atoms with Gasteiger partial charge in [0.05, 0.1) is 23.5 Å². The molecular formula is C16H27N3O2. The number of rotatable bonds is 9. The maximum Gasteiger partial charge on any atom is 0.340 e. The molecule has 0 saturated heterocycles. The molecule has 0 unspecified atom stereocenters. The fourth-order valence-electron chi connectivity index (χ4n) is 2.17. The third-order valence-electron chi connectivity index (χ3n) is 3.46. The van der Waals surface area contributed by atoms with Crippen LogP contribution in [0.3, 0.4) is 0 Å². The van der Waals surface area contributed by atoms with Crippen molar-refractivity contribution < 1.29 is 9.53 Å². The van der Waals surface area contributed by atoms with Gasteiger partial charge in [-0.15, -0.1) is 0 Å². The zero-order valence-electron chi connectivity index (χ0n) is 13.3. The first-order valence-electron chi connectivity index (χ1n) is 7.65. The number of para-hydroxylation sites is 1. The summed E-state index contributed by atoms with van der Waals surface area (Å²) in [7, 11) is 0. The number of hydrogen-bond acceptors (Lipinski definition) is 5. The lowest BCUT2D eigenvalue weighted by Gasteiger charge is -2.18. The second-order valence-electron chi connectivity index (χ2n) is 4.79. The number of benzene rings is 1. The van der Waals surface area contributed by atoms with Crippen LogP contribution in [0.4, 0.5) is 11.4 Å². The van der Waals surface area contributed by atoms with Crippen molar-refractivity contribution in [1.29, 1.82) is 0 Å². The summed E-state index contributed by atoms with van der Waals surface area (Å²) >= 11 is 0. The van der Waals surface area contributed by atoms with Crippen LogP contribution < -0.4 is 11.1 Å². The van der Waals surface area contributed by atoms with E-state index in [0.717, 1.165) is 38.3 Å². The van der Waals surface area contributed by atoms with Crippen LogP contribution in [0.1, 0.15) is 37.6 Å². The molecule has 0 amide bonds. The van der Waals surface area contributed by atoms with Crippen molar-refractivity contribution in [3.63, 3.8) is 0 Å². The number of nitrogen functional groups attached to an aromatic ring is 1. The van der Waals surface area contributed by atoms with Gasteiger partial charge in [-0.1, -0.05) is 19.9 Å². The number of nitrogens with zero attached hydrogens (tertiary/aromatic N) is 1. The zero-order valence-corrected chi connectivity index (χ0v) is 13.3. The topological polar surface area (TPSA) is 67.6 Å². The highest BCUT2D eigenvalue weighted by molar-refractivity contribution is 5.98. The number of carbonyl (C=O) groups is 1. The van der Waals surface area contributed by atoms with E-state index in [1.165, 1.54) is 0 Å². The highest BCUT2D eigenvalue weighted by Gasteiger charge is 2.13. The van der Waals surface area contributed by atoms with Gasteiger partial charge in [0.25, 0.3) is 0 Å². The van der Waals surface area contributed by atoms with E-state index in [1.54, 1.807) is 13.0 Å². The average Bonchev–Trinajstić information content (AvgIpc) is 2.49. The Morgan fingerprint density at radius 2 is 2.00 bits per heavy atom. The van der Waals surface area contributed by atoms with Crippen LogP contribution in [0.25, 0.3) is 0 Å². The molecule has 0 radical (unpaired) electrons. The van der Waals surface area contributed by atoms with Crippen molar-refractivity contribution in [2.45, 2.75) is 27.2 Å². The number of anilines is 2. The van der Waals surface area contributed by atoms with E-state index in [2.05, 4.69) is 24.1 Å². The van der Waals surface area contributed by atoms with Crippen LogP contribution in [0.2, 0.25) is 0 Å². The van der Waals surface area contributed by atoms with Crippen LogP contribution in [0, 0.1) is 0 Å². The van der Waals surface area contributed by atoms with Gasteiger partial charge >= 0.3 is 5.97 Å². The van der Waals surface area contributed by atoms with Crippen molar-refractivity contribution >= 4 is 17.3 Å². The predicted molar refractivity (Wildman–Crippen MR) is 87.7 cm³/mol. The minimum atomic E-state index is -0.373. The Morgan fingerprint density at radius 1 is 1.29 bits per heavy atom. The van der Waals surface area contributed by atoms with Gasteiger partial charge in [0.15, 0.2) is 0 Å². The molecule has 0 aromatic heterocycles. The number of carbonyl (C=O) groups excluding carboxylic acids is 1. The summed E-state index contributed by atoms with van der Waals surface area (Å²) < 4.78 is 5.00. The first kappa shape index (κ1) is 17.3. The molecule has 0 aliphatic heterocycles. The molecule has 0 fully saturated rings. The molecular weight excluding hydrogens is 266 g/mol. The van der Waals surface area contributed by atoms with Gasteiger partial charge in [0.2, 0.25) is 0 Å². The molecule has 0 saturated carbocycles. The second kappa shape index (κ2) is 9.23. The molecule has 1 aromatic rings. The van der Waals surface area contributed by atoms with Crippen molar-refractivity contribution in [3.05, 3.63) is 23.8 Å². The molecule has 21 heavy (non-hydrogen) atoms. The molecule has 0 heterocycles. The molecule has 5 heteroatoms. The fraction of sp³-hybridized carbons (Fsp3) is 0.562. The van der Waals surface area contributed by atoms with E-state index in [-0.39, 0.29) is 5.97 Å². The standard InChI is InChI=1S/C16H27N3O2/c1-4-19(5-2)12-8-11-18-14-10-7-9-13(15(14)17)16(20)21-6-3/h7,9-10,18H,4-6,8,11-12,17H2,1-3H3. The van der Waals surface area contributed by atoms with E-state index in [1.807, 2.05) is 12.1 Å². The van der Waals surface area contributed by atoms with Gasteiger partial charge < -0.3 is 20.7 Å². The number of esters is 1. The largest absolute Gasteiger partial charge is 0.462 e. The molecule has 0 atom stereocenters. The maximum absolute atomic E-state index is 11.8. The summed E-state index contributed by atoms with van der Waals surface area (Å²) in [5, 5.41) is 3.29. The molecule has 1 aromatic carbocycles. The molecule has 3 N–H and O–H groups in total. The summed E-state index contributed by atoms with van der Waals surface area (Å²) in [6, 6.07) is 5.39.